The summed E-state index contributed by atoms with van der Waals surface area (Å²) in [6.07, 6.45) is 3.34. The molecule has 0 bridgehead atoms. The Kier molecular flexibility index (Phi) is 9.98. The van der Waals surface area contributed by atoms with Crippen LogP contribution >= 0.6 is 23.2 Å². The molecule has 6 aromatic rings. The van der Waals surface area contributed by atoms with Crippen LogP contribution in [-0.2, 0) is 4.74 Å². The van der Waals surface area contributed by atoms with E-state index in [1.54, 1.807) is 24.5 Å². The number of urea groups is 1. The zero-order valence-corrected chi connectivity index (χ0v) is 31.8. The molecule has 4 heterocycles. The second-order valence-corrected chi connectivity index (χ2v) is 14.7. The molecule has 1 atom stereocenters. The number of halogens is 2. The first-order chi connectivity index (χ1) is 26.7. The van der Waals surface area contributed by atoms with Crippen molar-refractivity contribution >= 4 is 63.4 Å². The number of amides is 3. The number of carbonyl (C=O) groups excluding carboxylic acids is 3. The standard InChI is InChI=1S/C42H39Cl2N7O4/c1-25(26-8-11-29(43)12-9-26)51-24-46-37(27-6-4-3-5-7-27)39(51)36-32-14-13-30(44)23-33(32)47-38(36)40(52)48-34-22-28(41(53)55-2)10-15-35(34)49-19-16-31(17-20-49)50-21-18-45-42(50)54/h3-15,22-25,31,47H,16-21H2,1-2H3,(H,45,54)(H,48,52). The van der Waals surface area contributed by atoms with Gasteiger partial charge < -0.3 is 34.7 Å². The molecule has 2 fully saturated rings. The van der Waals surface area contributed by atoms with Crippen LogP contribution < -0.4 is 15.5 Å². The maximum atomic E-state index is 14.9. The third-order valence-electron chi connectivity index (χ3n) is 10.6. The Balaban J connectivity index is 1.23. The molecule has 0 aliphatic carbocycles. The minimum absolute atomic E-state index is 0.0245. The predicted molar refractivity (Wildman–Crippen MR) is 216 cm³/mol. The Labute approximate surface area is 328 Å². The van der Waals surface area contributed by atoms with Crippen LogP contribution in [0.5, 0.6) is 0 Å². The summed E-state index contributed by atoms with van der Waals surface area (Å²) < 4.78 is 7.13. The summed E-state index contributed by atoms with van der Waals surface area (Å²) in [5, 5.41) is 8.01. The first-order valence-electron chi connectivity index (χ1n) is 18.2. The van der Waals surface area contributed by atoms with E-state index in [1.807, 2.05) is 77.7 Å². The molecule has 2 aromatic heterocycles. The Hall–Kier alpha value is -5.78. The van der Waals surface area contributed by atoms with Crippen LogP contribution in [-0.4, -0.2) is 76.7 Å². The second kappa shape index (κ2) is 15.2. The van der Waals surface area contributed by atoms with Gasteiger partial charge in [0.05, 0.1) is 47.8 Å². The molecule has 4 aromatic carbocycles. The van der Waals surface area contributed by atoms with E-state index in [-0.39, 0.29) is 18.1 Å². The predicted octanol–water partition coefficient (Wildman–Crippen LogP) is 8.65. The van der Waals surface area contributed by atoms with Crippen molar-refractivity contribution in [3.05, 3.63) is 124 Å². The molecular formula is C42H39Cl2N7O4. The average Bonchev–Trinajstić information content (AvgIpc) is 3.94. The molecule has 2 aliphatic rings. The lowest BCUT2D eigenvalue weighted by atomic mass is 9.99. The highest BCUT2D eigenvalue weighted by molar-refractivity contribution is 6.31. The van der Waals surface area contributed by atoms with Gasteiger partial charge in [0, 0.05) is 64.3 Å². The topological polar surface area (TPSA) is 125 Å². The van der Waals surface area contributed by atoms with Crippen LogP contribution in [0.1, 0.15) is 52.2 Å². The molecule has 55 heavy (non-hydrogen) atoms. The first-order valence-corrected chi connectivity index (χ1v) is 19.0. The fraction of sp³-hybridized carbons (Fsp3) is 0.238. The summed E-state index contributed by atoms with van der Waals surface area (Å²) in [4.78, 5) is 52.5. The van der Waals surface area contributed by atoms with Gasteiger partial charge in [0.2, 0.25) is 0 Å². The second-order valence-electron chi connectivity index (χ2n) is 13.8. The lowest BCUT2D eigenvalue weighted by Gasteiger charge is -2.38. The molecule has 280 valence electrons. The summed E-state index contributed by atoms with van der Waals surface area (Å²) in [5.74, 6) is -0.936. The van der Waals surface area contributed by atoms with Gasteiger partial charge in [0.25, 0.3) is 5.91 Å². The summed E-state index contributed by atoms with van der Waals surface area (Å²) in [6, 6.07) is 28.2. The van der Waals surface area contributed by atoms with E-state index in [0.29, 0.717) is 69.9 Å². The van der Waals surface area contributed by atoms with Gasteiger partial charge in [-0.25, -0.2) is 14.6 Å². The third-order valence-corrected chi connectivity index (χ3v) is 11.1. The minimum atomic E-state index is -0.519. The van der Waals surface area contributed by atoms with Gasteiger partial charge in [-0.15, -0.1) is 0 Å². The number of piperidine rings is 1. The van der Waals surface area contributed by atoms with Crippen molar-refractivity contribution in [2.75, 3.05) is 43.5 Å². The van der Waals surface area contributed by atoms with Crippen LogP contribution in [0.2, 0.25) is 10.0 Å². The molecule has 11 nitrogen and oxygen atoms in total. The number of hydrogen-bond acceptors (Lipinski definition) is 6. The van der Waals surface area contributed by atoms with Crippen molar-refractivity contribution in [3.8, 4) is 22.5 Å². The van der Waals surface area contributed by atoms with Crippen LogP contribution in [0, 0.1) is 0 Å². The largest absolute Gasteiger partial charge is 0.465 e. The number of H-pyrrole nitrogens is 1. The van der Waals surface area contributed by atoms with Gasteiger partial charge in [-0.1, -0.05) is 71.7 Å². The lowest BCUT2D eigenvalue weighted by molar-refractivity contribution is 0.0600. The molecule has 0 radical (unpaired) electrons. The highest BCUT2D eigenvalue weighted by Gasteiger charge is 2.32. The van der Waals surface area contributed by atoms with Crippen molar-refractivity contribution in [1.82, 2.24) is 24.8 Å². The molecule has 8 rings (SSSR count). The quantitative estimate of drug-likeness (QED) is 0.126. The molecular weight excluding hydrogens is 737 g/mol. The lowest BCUT2D eigenvalue weighted by Crippen LogP contribution is -2.46. The molecule has 3 N–H and O–H groups in total. The SMILES string of the molecule is COC(=O)c1ccc(N2CCC(N3CCNC3=O)CC2)c(NC(=O)c2[nH]c3cc(Cl)ccc3c2-c2c(-c3ccccc3)ncn2C(C)c2ccc(Cl)cc2)c1. The summed E-state index contributed by atoms with van der Waals surface area (Å²) >= 11 is 12.8. The number of rotatable bonds is 9. The number of ether oxygens (including phenoxy) is 1. The average molecular weight is 777 g/mol. The van der Waals surface area contributed by atoms with Gasteiger partial charge in [0.15, 0.2) is 0 Å². The van der Waals surface area contributed by atoms with E-state index in [2.05, 4.69) is 32.0 Å². The van der Waals surface area contributed by atoms with Gasteiger partial charge >= 0.3 is 12.0 Å². The number of anilines is 2. The molecule has 2 aliphatic heterocycles. The van der Waals surface area contributed by atoms with E-state index >= 15 is 0 Å². The molecule has 13 heteroatoms. The maximum absolute atomic E-state index is 14.9. The van der Waals surface area contributed by atoms with Crippen molar-refractivity contribution in [3.63, 3.8) is 0 Å². The summed E-state index contributed by atoms with van der Waals surface area (Å²) in [6.45, 7) is 4.75. The number of nitrogens with zero attached hydrogens (tertiary/aromatic N) is 4. The van der Waals surface area contributed by atoms with Crippen LogP contribution in [0.3, 0.4) is 0 Å². The Morgan fingerprint density at radius 3 is 2.38 bits per heavy atom. The zero-order chi connectivity index (χ0) is 38.2. The number of imidazole rings is 1. The van der Waals surface area contributed by atoms with Gasteiger partial charge in [-0.2, -0.15) is 0 Å². The van der Waals surface area contributed by atoms with Gasteiger partial charge in [-0.3, -0.25) is 4.79 Å². The Morgan fingerprint density at radius 2 is 1.67 bits per heavy atom. The van der Waals surface area contributed by atoms with Gasteiger partial charge in [-0.05, 0) is 67.8 Å². The molecule has 0 saturated carbocycles. The van der Waals surface area contributed by atoms with Crippen molar-refractivity contribution in [2.45, 2.75) is 31.8 Å². The summed E-state index contributed by atoms with van der Waals surface area (Å²) in [5.41, 5.74) is 6.48. The minimum Gasteiger partial charge on any atom is -0.465 e. The number of esters is 1. The zero-order valence-electron chi connectivity index (χ0n) is 30.3. The van der Waals surface area contributed by atoms with E-state index in [1.165, 1.54) is 7.11 Å². The van der Waals surface area contributed by atoms with E-state index in [4.69, 9.17) is 32.9 Å². The number of carbonyl (C=O) groups is 3. The van der Waals surface area contributed by atoms with E-state index in [0.717, 1.165) is 40.7 Å². The molecule has 3 amide bonds. The third kappa shape index (κ3) is 7.01. The number of methoxy groups -OCH3 is 1. The fourth-order valence-corrected chi connectivity index (χ4v) is 8.09. The number of benzene rings is 4. The maximum Gasteiger partial charge on any atom is 0.337 e. The van der Waals surface area contributed by atoms with Crippen LogP contribution in [0.25, 0.3) is 33.4 Å². The molecule has 1 unspecified atom stereocenters. The van der Waals surface area contributed by atoms with Crippen LogP contribution in [0.4, 0.5) is 16.2 Å². The van der Waals surface area contributed by atoms with Crippen LogP contribution in [0.15, 0.2) is 97.3 Å². The highest BCUT2D eigenvalue weighted by atomic mass is 35.5. The monoisotopic (exact) mass is 775 g/mol. The van der Waals surface area contributed by atoms with Crippen molar-refractivity contribution < 1.29 is 19.1 Å². The van der Waals surface area contributed by atoms with Gasteiger partial charge in [0.1, 0.15) is 5.69 Å². The Morgan fingerprint density at radius 1 is 0.927 bits per heavy atom. The number of aromatic nitrogens is 3. The first kappa shape index (κ1) is 36.2. The number of nitrogens with one attached hydrogen (secondary N) is 3. The highest BCUT2D eigenvalue weighted by Crippen LogP contribution is 2.42. The van der Waals surface area contributed by atoms with E-state index < -0.39 is 11.9 Å². The van der Waals surface area contributed by atoms with E-state index in [9.17, 15) is 14.4 Å². The Bertz CT molecular complexity index is 2400. The van der Waals surface area contributed by atoms with Crippen molar-refractivity contribution in [2.24, 2.45) is 0 Å². The number of fused-ring (bicyclic) bond motifs is 1. The van der Waals surface area contributed by atoms with Crippen molar-refractivity contribution in [1.29, 1.82) is 0 Å². The normalized spacial score (nSPS) is 15.3. The smallest absolute Gasteiger partial charge is 0.337 e. The molecule has 2 saturated heterocycles. The number of aromatic amines is 1. The molecule has 0 spiro atoms. The summed E-state index contributed by atoms with van der Waals surface area (Å²) in [7, 11) is 1.33. The number of hydrogen-bond donors (Lipinski definition) is 3. The fourth-order valence-electron chi connectivity index (χ4n) is 7.79.